The second-order valence-corrected chi connectivity index (χ2v) is 8.31. The Morgan fingerprint density at radius 1 is 1.35 bits per heavy atom. The summed E-state index contributed by atoms with van der Waals surface area (Å²) in [6.07, 6.45) is 6.30. The quantitative estimate of drug-likeness (QED) is 0.423. The van der Waals surface area contributed by atoms with Gasteiger partial charge < -0.3 is 10.1 Å². The number of aromatic nitrogens is 1. The minimum atomic E-state index is -0.635. The van der Waals surface area contributed by atoms with Crippen molar-refractivity contribution in [2.24, 2.45) is 5.92 Å². The fourth-order valence-corrected chi connectivity index (χ4v) is 4.37. The lowest BCUT2D eigenvalue weighted by molar-refractivity contribution is -0.150. The first-order chi connectivity index (χ1) is 12.5. The molecule has 0 amide bonds. The molecule has 0 spiro atoms. The van der Waals surface area contributed by atoms with Crippen LogP contribution in [0.15, 0.2) is 29.6 Å². The number of benzene rings is 1. The van der Waals surface area contributed by atoms with E-state index in [1.54, 1.807) is 0 Å². The molecule has 1 aromatic heterocycles. The summed E-state index contributed by atoms with van der Waals surface area (Å²) in [5.74, 6) is -0.101. The van der Waals surface area contributed by atoms with Crippen molar-refractivity contribution in [3.05, 3.63) is 40.4 Å². The van der Waals surface area contributed by atoms with Gasteiger partial charge in [0.2, 0.25) is 0 Å². The normalized spacial score (nSPS) is 22.4. The average molecular weight is 393 g/mol. The van der Waals surface area contributed by atoms with E-state index in [-0.39, 0.29) is 11.9 Å². The largest absolute Gasteiger partial charge is 0.453 e. The van der Waals surface area contributed by atoms with Gasteiger partial charge in [0.15, 0.2) is 10.7 Å². The number of ether oxygens (including phenoxy) is 1. The van der Waals surface area contributed by atoms with Gasteiger partial charge in [-0.15, -0.1) is 11.3 Å². The molecule has 26 heavy (non-hydrogen) atoms. The molecular formula is C20H25ClN2O2S. The van der Waals surface area contributed by atoms with E-state index in [0.29, 0.717) is 11.4 Å². The van der Waals surface area contributed by atoms with E-state index < -0.39 is 5.60 Å². The molecule has 2 heterocycles. The standard InChI is InChI=1S/C20H25ClN2O2S/c1-3-4-5-6-9-14-12-20(2,25-18(14)24)17-13-26-19(23-17)22-16-11-8-7-10-15(16)21/h7-8,10-11,13-14H,3-6,9,12H2,1-2H3,(H,22,23)/t14-,20+/m1/s1. The van der Waals surface area contributed by atoms with E-state index in [0.717, 1.165) is 29.4 Å². The van der Waals surface area contributed by atoms with Crippen LogP contribution in [0.1, 0.15) is 58.1 Å². The highest BCUT2D eigenvalue weighted by atomic mass is 35.5. The van der Waals surface area contributed by atoms with Crippen LogP contribution in [-0.4, -0.2) is 11.0 Å². The first-order valence-corrected chi connectivity index (χ1v) is 10.5. The average Bonchev–Trinajstić information content (AvgIpc) is 3.19. The molecule has 1 fully saturated rings. The second-order valence-electron chi connectivity index (χ2n) is 7.05. The monoisotopic (exact) mass is 392 g/mol. The second kappa shape index (κ2) is 8.40. The number of esters is 1. The van der Waals surface area contributed by atoms with Crippen LogP contribution < -0.4 is 5.32 Å². The molecule has 2 atom stereocenters. The van der Waals surface area contributed by atoms with Crippen LogP contribution in [0.3, 0.4) is 0 Å². The van der Waals surface area contributed by atoms with Gasteiger partial charge in [-0.25, -0.2) is 4.98 Å². The van der Waals surface area contributed by atoms with Crippen molar-refractivity contribution in [1.29, 1.82) is 0 Å². The SMILES string of the molecule is CCCCCC[C@@H]1C[C@@](C)(c2csc(Nc3ccccc3Cl)n2)OC1=O. The van der Waals surface area contributed by atoms with Gasteiger partial charge in [0.25, 0.3) is 0 Å². The summed E-state index contributed by atoms with van der Waals surface area (Å²) in [4.78, 5) is 16.9. The lowest BCUT2D eigenvalue weighted by Gasteiger charge is -2.20. The van der Waals surface area contributed by atoms with Crippen LogP contribution in [0.25, 0.3) is 0 Å². The number of cyclic esters (lactones) is 1. The topological polar surface area (TPSA) is 51.2 Å². The Hall–Kier alpha value is -1.59. The molecule has 0 saturated carbocycles. The Labute approximate surface area is 163 Å². The molecule has 0 aliphatic carbocycles. The minimum Gasteiger partial charge on any atom is -0.453 e. The van der Waals surface area contributed by atoms with E-state index in [2.05, 4.69) is 17.2 Å². The van der Waals surface area contributed by atoms with Gasteiger partial charge in [0.05, 0.1) is 22.3 Å². The molecule has 2 aromatic rings. The predicted octanol–water partition coefficient (Wildman–Crippen LogP) is 6.29. The lowest BCUT2D eigenvalue weighted by Crippen LogP contribution is -2.21. The van der Waals surface area contributed by atoms with Gasteiger partial charge in [-0.05, 0) is 25.5 Å². The van der Waals surface area contributed by atoms with Crippen LogP contribution >= 0.6 is 22.9 Å². The molecule has 0 unspecified atom stereocenters. The molecule has 1 saturated heterocycles. The van der Waals surface area contributed by atoms with Crippen molar-refractivity contribution in [2.45, 2.75) is 58.0 Å². The lowest BCUT2D eigenvalue weighted by atomic mass is 9.90. The molecule has 3 rings (SSSR count). The fourth-order valence-electron chi connectivity index (χ4n) is 3.35. The van der Waals surface area contributed by atoms with Crippen LogP contribution in [-0.2, 0) is 15.1 Å². The zero-order chi connectivity index (χ0) is 18.6. The molecule has 4 nitrogen and oxygen atoms in total. The number of para-hydroxylation sites is 1. The zero-order valence-corrected chi connectivity index (χ0v) is 16.8. The number of nitrogens with zero attached hydrogens (tertiary/aromatic N) is 1. The summed E-state index contributed by atoms with van der Waals surface area (Å²) in [7, 11) is 0. The van der Waals surface area contributed by atoms with E-state index in [9.17, 15) is 4.79 Å². The number of hydrogen-bond acceptors (Lipinski definition) is 5. The number of hydrogen-bond donors (Lipinski definition) is 1. The number of thiazole rings is 1. The molecule has 1 N–H and O–H groups in total. The molecule has 140 valence electrons. The maximum Gasteiger partial charge on any atom is 0.310 e. The molecule has 1 aliphatic heterocycles. The number of carbonyl (C=O) groups excluding carboxylic acids is 1. The molecule has 6 heteroatoms. The van der Waals surface area contributed by atoms with E-state index in [1.165, 1.54) is 30.6 Å². The number of anilines is 2. The van der Waals surface area contributed by atoms with Crippen molar-refractivity contribution in [3.63, 3.8) is 0 Å². The van der Waals surface area contributed by atoms with Crippen LogP contribution in [0, 0.1) is 5.92 Å². The Morgan fingerprint density at radius 3 is 2.92 bits per heavy atom. The number of unbranched alkanes of at least 4 members (excludes halogenated alkanes) is 3. The van der Waals surface area contributed by atoms with E-state index in [4.69, 9.17) is 16.3 Å². The van der Waals surface area contributed by atoms with Crippen molar-refractivity contribution >= 4 is 39.7 Å². The van der Waals surface area contributed by atoms with Gasteiger partial charge in [-0.1, -0.05) is 56.3 Å². The highest BCUT2D eigenvalue weighted by Crippen LogP contribution is 2.42. The van der Waals surface area contributed by atoms with Crippen molar-refractivity contribution < 1.29 is 9.53 Å². The smallest absolute Gasteiger partial charge is 0.310 e. The van der Waals surface area contributed by atoms with Gasteiger partial charge in [-0.3, -0.25) is 4.79 Å². The first kappa shape index (κ1) is 19.2. The molecule has 1 aliphatic rings. The third-order valence-corrected chi connectivity index (χ3v) is 5.95. The summed E-state index contributed by atoms with van der Waals surface area (Å²) in [6.45, 7) is 4.16. The first-order valence-electron chi connectivity index (χ1n) is 9.22. The minimum absolute atomic E-state index is 0.0152. The Bertz CT molecular complexity index is 764. The third-order valence-electron chi connectivity index (χ3n) is 4.86. The summed E-state index contributed by atoms with van der Waals surface area (Å²) in [6, 6.07) is 7.56. The molecular weight excluding hydrogens is 368 g/mol. The van der Waals surface area contributed by atoms with E-state index >= 15 is 0 Å². The van der Waals surface area contributed by atoms with Crippen LogP contribution in [0.4, 0.5) is 10.8 Å². The van der Waals surface area contributed by atoms with E-state index in [1.807, 2.05) is 36.6 Å². The maximum absolute atomic E-state index is 12.3. The van der Waals surface area contributed by atoms with Gasteiger partial charge in [-0.2, -0.15) is 0 Å². The number of nitrogens with one attached hydrogen (secondary N) is 1. The molecule has 1 aromatic carbocycles. The highest BCUT2D eigenvalue weighted by molar-refractivity contribution is 7.13. The highest BCUT2D eigenvalue weighted by Gasteiger charge is 2.45. The number of carbonyl (C=O) groups is 1. The van der Waals surface area contributed by atoms with Crippen molar-refractivity contribution in [2.75, 3.05) is 5.32 Å². The summed E-state index contributed by atoms with van der Waals surface area (Å²) >= 11 is 7.68. The predicted molar refractivity (Wildman–Crippen MR) is 107 cm³/mol. The maximum atomic E-state index is 12.3. The Balaban J connectivity index is 1.65. The zero-order valence-electron chi connectivity index (χ0n) is 15.3. The third kappa shape index (κ3) is 4.38. The number of rotatable bonds is 8. The summed E-state index contributed by atoms with van der Waals surface area (Å²) in [5, 5.41) is 6.60. The summed E-state index contributed by atoms with van der Waals surface area (Å²) in [5.41, 5.74) is 0.988. The van der Waals surface area contributed by atoms with Gasteiger partial charge >= 0.3 is 5.97 Å². The van der Waals surface area contributed by atoms with Crippen molar-refractivity contribution in [3.8, 4) is 0 Å². The Kier molecular flexibility index (Phi) is 6.20. The summed E-state index contributed by atoms with van der Waals surface area (Å²) < 4.78 is 5.74. The van der Waals surface area contributed by atoms with Gasteiger partial charge in [0.1, 0.15) is 0 Å². The van der Waals surface area contributed by atoms with Crippen LogP contribution in [0.2, 0.25) is 5.02 Å². The number of halogens is 1. The van der Waals surface area contributed by atoms with Crippen LogP contribution in [0.5, 0.6) is 0 Å². The fraction of sp³-hybridized carbons (Fsp3) is 0.500. The molecule has 0 bridgehead atoms. The van der Waals surface area contributed by atoms with Gasteiger partial charge in [0, 0.05) is 11.8 Å². The van der Waals surface area contributed by atoms with Crippen molar-refractivity contribution in [1.82, 2.24) is 4.98 Å². The molecule has 0 radical (unpaired) electrons. The Morgan fingerprint density at radius 2 is 2.15 bits per heavy atom.